The fourth-order valence-electron chi connectivity index (χ4n) is 1.47. The van der Waals surface area contributed by atoms with Gasteiger partial charge in [0.2, 0.25) is 0 Å². The molecule has 0 aliphatic carbocycles. The van der Waals surface area contributed by atoms with Crippen LogP contribution in [0.3, 0.4) is 0 Å². The molecule has 1 unspecified atom stereocenters. The quantitative estimate of drug-likeness (QED) is 0.613. The van der Waals surface area contributed by atoms with Gasteiger partial charge in [-0.1, -0.05) is 18.2 Å². The minimum Gasteiger partial charge on any atom is -0.398 e. The minimum atomic E-state index is -4.16. The Morgan fingerprint density at radius 3 is 2.56 bits per heavy atom. The van der Waals surface area contributed by atoms with Gasteiger partial charge >= 0.3 is 6.18 Å². The van der Waals surface area contributed by atoms with Gasteiger partial charge in [0.1, 0.15) is 6.10 Å². The number of aliphatic hydroxyl groups is 1. The van der Waals surface area contributed by atoms with Gasteiger partial charge in [0.05, 0.1) is 6.61 Å². The molecule has 0 heterocycles. The van der Waals surface area contributed by atoms with E-state index in [1.807, 2.05) is 0 Å². The highest BCUT2D eigenvalue weighted by atomic mass is 19.4. The van der Waals surface area contributed by atoms with Crippen LogP contribution in [0.5, 0.6) is 0 Å². The zero-order valence-electron chi connectivity index (χ0n) is 9.78. The molecule has 0 saturated heterocycles. The fourth-order valence-corrected chi connectivity index (χ4v) is 1.47. The van der Waals surface area contributed by atoms with Crippen LogP contribution < -0.4 is 5.73 Å². The first-order valence-electron chi connectivity index (χ1n) is 5.57. The van der Waals surface area contributed by atoms with Crippen LogP contribution in [-0.2, 0) is 4.74 Å². The average Bonchev–Trinajstić information content (AvgIpc) is 2.27. The van der Waals surface area contributed by atoms with Crippen molar-refractivity contribution in [3.63, 3.8) is 0 Å². The molecule has 0 aliphatic heterocycles. The lowest BCUT2D eigenvalue weighted by molar-refractivity contribution is -0.138. The molecule has 3 nitrogen and oxygen atoms in total. The predicted molar refractivity (Wildman–Crippen MR) is 61.9 cm³/mol. The lowest BCUT2D eigenvalue weighted by Crippen LogP contribution is -2.12. The van der Waals surface area contributed by atoms with Gasteiger partial charge in [-0.25, -0.2) is 0 Å². The molecule has 0 fully saturated rings. The van der Waals surface area contributed by atoms with E-state index in [4.69, 9.17) is 10.5 Å². The maximum Gasteiger partial charge on any atom is 0.389 e. The summed E-state index contributed by atoms with van der Waals surface area (Å²) < 4.78 is 40.5. The number of halogens is 3. The first-order valence-corrected chi connectivity index (χ1v) is 5.57. The Balaban J connectivity index is 2.26. The summed E-state index contributed by atoms with van der Waals surface area (Å²) in [5.74, 6) is 0. The number of anilines is 1. The first-order chi connectivity index (χ1) is 8.40. The largest absolute Gasteiger partial charge is 0.398 e. The Morgan fingerprint density at radius 2 is 1.94 bits per heavy atom. The van der Waals surface area contributed by atoms with Gasteiger partial charge in [-0.05, 0) is 12.5 Å². The van der Waals surface area contributed by atoms with Crippen molar-refractivity contribution in [2.75, 3.05) is 18.9 Å². The summed E-state index contributed by atoms with van der Waals surface area (Å²) >= 11 is 0. The number of nitrogen functional groups attached to an aromatic ring is 1. The van der Waals surface area contributed by atoms with Crippen LogP contribution in [0, 0.1) is 0 Å². The van der Waals surface area contributed by atoms with E-state index in [9.17, 15) is 18.3 Å². The predicted octanol–water partition coefficient (Wildman–Crippen LogP) is 2.66. The third-order valence-corrected chi connectivity index (χ3v) is 2.38. The SMILES string of the molecule is Nc1ccccc1C(O)COCCCC(F)(F)F. The molecular formula is C12H16F3NO2. The Morgan fingerprint density at radius 1 is 1.28 bits per heavy atom. The fraction of sp³-hybridized carbons (Fsp3) is 0.500. The molecule has 0 spiro atoms. The van der Waals surface area contributed by atoms with Crippen molar-refractivity contribution in [3.8, 4) is 0 Å². The van der Waals surface area contributed by atoms with Crippen LogP contribution in [0.4, 0.5) is 18.9 Å². The summed E-state index contributed by atoms with van der Waals surface area (Å²) in [6, 6.07) is 6.75. The molecule has 0 aliphatic rings. The maximum atomic E-state index is 11.8. The molecule has 3 N–H and O–H groups in total. The normalized spacial score (nSPS) is 13.6. The zero-order chi connectivity index (χ0) is 13.6. The standard InChI is InChI=1S/C12H16F3NO2/c13-12(14,15)6-3-7-18-8-11(17)9-4-1-2-5-10(9)16/h1-2,4-5,11,17H,3,6-8,16H2. The molecule has 0 bridgehead atoms. The summed E-state index contributed by atoms with van der Waals surface area (Å²) in [7, 11) is 0. The highest BCUT2D eigenvalue weighted by Gasteiger charge is 2.26. The summed E-state index contributed by atoms with van der Waals surface area (Å²) in [5.41, 5.74) is 6.60. The smallest absolute Gasteiger partial charge is 0.389 e. The van der Waals surface area contributed by atoms with Crippen molar-refractivity contribution in [1.82, 2.24) is 0 Å². The Labute approximate surface area is 103 Å². The molecule has 1 aromatic carbocycles. The maximum absolute atomic E-state index is 11.8. The summed E-state index contributed by atoms with van der Waals surface area (Å²) in [4.78, 5) is 0. The molecule has 1 aromatic rings. The van der Waals surface area contributed by atoms with Crippen LogP contribution in [0.15, 0.2) is 24.3 Å². The number of aliphatic hydroxyl groups excluding tert-OH is 1. The van der Waals surface area contributed by atoms with E-state index in [2.05, 4.69) is 0 Å². The van der Waals surface area contributed by atoms with E-state index in [-0.39, 0.29) is 19.6 Å². The highest BCUT2D eigenvalue weighted by Crippen LogP contribution is 2.22. The van der Waals surface area contributed by atoms with Gasteiger partial charge in [-0.3, -0.25) is 0 Å². The Kier molecular flexibility index (Phi) is 5.43. The second-order valence-electron chi connectivity index (χ2n) is 3.94. The summed E-state index contributed by atoms with van der Waals surface area (Å²) in [6.45, 7) is -0.102. The van der Waals surface area contributed by atoms with Crippen molar-refractivity contribution in [2.45, 2.75) is 25.1 Å². The lowest BCUT2D eigenvalue weighted by atomic mass is 10.1. The van der Waals surface area contributed by atoms with E-state index in [1.54, 1.807) is 24.3 Å². The molecule has 0 radical (unpaired) electrons. The monoisotopic (exact) mass is 263 g/mol. The van der Waals surface area contributed by atoms with Crippen molar-refractivity contribution in [3.05, 3.63) is 29.8 Å². The van der Waals surface area contributed by atoms with Crippen molar-refractivity contribution < 1.29 is 23.0 Å². The second kappa shape index (κ2) is 6.61. The van der Waals surface area contributed by atoms with Gasteiger partial charge < -0.3 is 15.6 Å². The molecule has 1 rings (SSSR count). The second-order valence-corrected chi connectivity index (χ2v) is 3.94. The van der Waals surface area contributed by atoms with Gasteiger partial charge in [-0.2, -0.15) is 13.2 Å². The van der Waals surface area contributed by atoms with Crippen LogP contribution >= 0.6 is 0 Å². The highest BCUT2D eigenvalue weighted by molar-refractivity contribution is 5.47. The summed E-state index contributed by atoms with van der Waals surface area (Å²) in [6.07, 6.45) is -6.07. The number of alkyl halides is 3. The van der Waals surface area contributed by atoms with E-state index in [0.717, 1.165) is 0 Å². The number of rotatable bonds is 6. The summed E-state index contributed by atoms with van der Waals surface area (Å²) in [5, 5.41) is 9.73. The lowest BCUT2D eigenvalue weighted by Gasteiger charge is -2.14. The number of benzene rings is 1. The van der Waals surface area contributed by atoms with Crippen molar-refractivity contribution in [1.29, 1.82) is 0 Å². The van der Waals surface area contributed by atoms with Crippen LogP contribution in [0.25, 0.3) is 0 Å². The molecular weight excluding hydrogens is 247 g/mol. The number of hydrogen-bond acceptors (Lipinski definition) is 3. The third-order valence-electron chi connectivity index (χ3n) is 2.38. The molecule has 18 heavy (non-hydrogen) atoms. The van der Waals surface area contributed by atoms with Crippen LogP contribution in [0.2, 0.25) is 0 Å². The average molecular weight is 263 g/mol. The molecule has 0 saturated carbocycles. The van der Waals surface area contributed by atoms with E-state index in [0.29, 0.717) is 11.3 Å². The number of para-hydroxylation sites is 1. The minimum absolute atomic E-state index is 0.0384. The molecule has 1 atom stereocenters. The van der Waals surface area contributed by atoms with Gasteiger partial charge in [0, 0.05) is 24.3 Å². The van der Waals surface area contributed by atoms with Gasteiger partial charge in [0.15, 0.2) is 0 Å². The molecule has 0 aromatic heterocycles. The zero-order valence-corrected chi connectivity index (χ0v) is 9.78. The third kappa shape index (κ3) is 5.37. The van der Waals surface area contributed by atoms with E-state index >= 15 is 0 Å². The topological polar surface area (TPSA) is 55.5 Å². The Bertz CT molecular complexity index is 369. The van der Waals surface area contributed by atoms with E-state index in [1.165, 1.54) is 0 Å². The van der Waals surface area contributed by atoms with Gasteiger partial charge in [-0.15, -0.1) is 0 Å². The van der Waals surface area contributed by atoms with Crippen molar-refractivity contribution >= 4 is 5.69 Å². The number of hydrogen-bond donors (Lipinski definition) is 2. The molecule has 0 amide bonds. The number of nitrogens with two attached hydrogens (primary N) is 1. The number of ether oxygens (including phenoxy) is 1. The van der Waals surface area contributed by atoms with Crippen LogP contribution in [0.1, 0.15) is 24.5 Å². The Hall–Kier alpha value is -1.27. The first kappa shape index (κ1) is 14.8. The van der Waals surface area contributed by atoms with Crippen molar-refractivity contribution in [2.24, 2.45) is 0 Å². The van der Waals surface area contributed by atoms with E-state index < -0.39 is 18.7 Å². The molecule has 6 heteroatoms. The van der Waals surface area contributed by atoms with Crippen LogP contribution in [-0.4, -0.2) is 24.5 Å². The molecule has 102 valence electrons. The van der Waals surface area contributed by atoms with Gasteiger partial charge in [0.25, 0.3) is 0 Å².